The highest BCUT2D eigenvalue weighted by Crippen LogP contribution is 2.29. The number of carbonyl (C=O) groups excluding carboxylic acids is 2. The Morgan fingerprint density at radius 1 is 1.06 bits per heavy atom. The monoisotopic (exact) mass is 443 g/mol. The number of nitrogens with zero attached hydrogens (tertiary/aromatic N) is 1. The van der Waals surface area contributed by atoms with Gasteiger partial charge in [0.2, 0.25) is 0 Å². The molecule has 6 nitrogen and oxygen atoms in total. The van der Waals surface area contributed by atoms with Crippen molar-refractivity contribution in [2.45, 2.75) is 6.92 Å². The largest absolute Gasteiger partial charge is 0.497 e. The van der Waals surface area contributed by atoms with E-state index in [-0.39, 0.29) is 11.8 Å². The second kappa shape index (κ2) is 9.53. The highest BCUT2D eigenvalue weighted by Gasteiger charge is 2.24. The average molecular weight is 444 g/mol. The van der Waals surface area contributed by atoms with Crippen LogP contribution in [0.5, 0.6) is 5.75 Å². The lowest BCUT2D eigenvalue weighted by Crippen LogP contribution is -2.19. The number of hydrogen-bond donors (Lipinski definition) is 2. The van der Waals surface area contributed by atoms with E-state index in [1.54, 1.807) is 43.5 Å². The van der Waals surface area contributed by atoms with Gasteiger partial charge in [0.1, 0.15) is 5.75 Å². The summed E-state index contributed by atoms with van der Waals surface area (Å²) in [7, 11) is 1.58. The Morgan fingerprint density at radius 2 is 1.84 bits per heavy atom. The minimum absolute atomic E-state index is 0.199. The van der Waals surface area contributed by atoms with Crippen molar-refractivity contribution in [3.8, 4) is 5.75 Å². The molecule has 1 fully saturated rings. The molecule has 7 heteroatoms. The van der Waals surface area contributed by atoms with E-state index in [1.165, 1.54) is 11.8 Å². The Bertz CT molecular complexity index is 1230. The van der Waals surface area contributed by atoms with Crippen molar-refractivity contribution >= 4 is 46.2 Å². The molecule has 2 amide bonds. The molecule has 3 aromatic rings. The van der Waals surface area contributed by atoms with Crippen molar-refractivity contribution < 1.29 is 14.3 Å². The van der Waals surface area contributed by atoms with Crippen LogP contribution < -0.4 is 15.4 Å². The van der Waals surface area contributed by atoms with Crippen LogP contribution in [0, 0.1) is 6.92 Å². The molecule has 0 spiro atoms. The quantitative estimate of drug-likeness (QED) is 0.535. The molecular weight excluding hydrogens is 422 g/mol. The highest BCUT2D eigenvalue weighted by atomic mass is 32.2. The van der Waals surface area contributed by atoms with E-state index in [2.05, 4.69) is 15.6 Å². The van der Waals surface area contributed by atoms with Crippen LogP contribution in [0.1, 0.15) is 21.5 Å². The summed E-state index contributed by atoms with van der Waals surface area (Å²) >= 11 is 1.29. The number of carbonyl (C=O) groups is 2. The standard InChI is InChI=1S/C25H21N3O3S/c1-16-6-3-4-9-21(16)27-25-28-24(30)22(32-25)15-17-7-5-8-19(14-17)26-23(29)18-10-12-20(31-2)13-11-18/h3-15H,1-2H3,(H,26,29)(H,27,28,30)/b22-15+. The van der Waals surface area contributed by atoms with Gasteiger partial charge in [-0.3, -0.25) is 9.59 Å². The van der Waals surface area contributed by atoms with Crippen molar-refractivity contribution in [1.82, 2.24) is 5.32 Å². The first-order valence-corrected chi connectivity index (χ1v) is 10.7. The van der Waals surface area contributed by atoms with E-state index in [0.717, 1.165) is 16.8 Å². The van der Waals surface area contributed by atoms with Crippen molar-refractivity contribution in [2.75, 3.05) is 12.4 Å². The molecule has 3 aromatic carbocycles. The predicted octanol–water partition coefficient (Wildman–Crippen LogP) is 5.15. The molecule has 0 aromatic heterocycles. The molecule has 0 bridgehead atoms. The number of benzene rings is 3. The number of methoxy groups -OCH3 is 1. The molecule has 2 N–H and O–H groups in total. The number of rotatable bonds is 5. The normalized spacial score (nSPS) is 15.6. The fourth-order valence-electron chi connectivity index (χ4n) is 3.08. The van der Waals surface area contributed by atoms with Gasteiger partial charge in [0.05, 0.1) is 17.7 Å². The van der Waals surface area contributed by atoms with Crippen molar-refractivity contribution in [3.63, 3.8) is 0 Å². The van der Waals surface area contributed by atoms with E-state index in [4.69, 9.17) is 4.74 Å². The Kier molecular flexibility index (Phi) is 6.37. The van der Waals surface area contributed by atoms with Crippen LogP contribution in [0.2, 0.25) is 0 Å². The van der Waals surface area contributed by atoms with Crippen LogP contribution in [-0.2, 0) is 4.79 Å². The van der Waals surface area contributed by atoms with Gasteiger partial charge in [-0.1, -0.05) is 30.3 Å². The number of anilines is 1. The van der Waals surface area contributed by atoms with Gasteiger partial charge in [-0.25, -0.2) is 4.99 Å². The Morgan fingerprint density at radius 3 is 2.59 bits per heavy atom. The molecule has 0 unspecified atom stereocenters. The number of aryl methyl sites for hydroxylation is 1. The summed E-state index contributed by atoms with van der Waals surface area (Å²) in [6, 6.07) is 22.0. The molecule has 0 atom stereocenters. The molecule has 0 aliphatic carbocycles. The van der Waals surface area contributed by atoms with E-state index in [1.807, 2.05) is 49.4 Å². The molecule has 0 saturated carbocycles. The smallest absolute Gasteiger partial charge is 0.264 e. The van der Waals surface area contributed by atoms with Crippen LogP contribution >= 0.6 is 11.8 Å². The zero-order chi connectivity index (χ0) is 22.5. The number of thioether (sulfide) groups is 1. The van der Waals surface area contributed by atoms with E-state index >= 15 is 0 Å². The SMILES string of the molecule is COc1ccc(C(=O)Nc2cccc(/C=C3/SC(=Nc4ccccc4C)NC3=O)c2)cc1. The third-order valence-corrected chi connectivity index (χ3v) is 5.69. The lowest BCUT2D eigenvalue weighted by molar-refractivity contribution is -0.115. The third-order valence-electron chi connectivity index (χ3n) is 4.78. The number of nitrogens with one attached hydrogen (secondary N) is 2. The van der Waals surface area contributed by atoms with E-state index in [9.17, 15) is 9.59 Å². The van der Waals surface area contributed by atoms with Crippen molar-refractivity contribution in [1.29, 1.82) is 0 Å². The fourth-order valence-corrected chi connectivity index (χ4v) is 3.92. The van der Waals surface area contributed by atoms with Crippen LogP contribution in [0.15, 0.2) is 82.7 Å². The van der Waals surface area contributed by atoms with Crippen molar-refractivity contribution in [2.24, 2.45) is 4.99 Å². The first-order chi connectivity index (χ1) is 15.5. The minimum atomic E-state index is -0.224. The van der Waals surface area contributed by atoms with Crippen LogP contribution in [-0.4, -0.2) is 24.1 Å². The van der Waals surface area contributed by atoms with Gasteiger partial charge in [-0.05, 0) is 78.4 Å². The van der Waals surface area contributed by atoms with Gasteiger partial charge in [0.15, 0.2) is 5.17 Å². The van der Waals surface area contributed by atoms with Gasteiger partial charge >= 0.3 is 0 Å². The molecule has 1 aliphatic heterocycles. The molecule has 160 valence electrons. The Balaban J connectivity index is 1.48. The summed E-state index contributed by atoms with van der Waals surface area (Å²) in [6.07, 6.45) is 1.78. The third kappa shape index (κ3) is 5.07. The minimum Gasteiger partial charge on any atom is -0.497 e. The second-order valence-corrected chi connectivity index (χ2v) is 8.11. The predicted molar refractivity (Wildman–Crippen MR) is 129 cm³/mol. The summed E-state index contributed by atoms with van der Waals surface area (Å²) in [5.41, 5.74) is 3.81. The van der Waals surface area contributed by atoms with Crippen LogP contribution in [0.3, 0.4) is 0 Å². The molecule has 4 rings (SSSR count). The van der Waals surface area contributed by atoms with Gasteiger partial charge in [0, 0.05) is 11.3 Å². The fraction of sp³-hybridized carbons (Fsp3) is 0.0800. The highest BCUT2D eigenvalue weighted by molar-refractivity contribution is 8.18. The van der Waals surface area contributed by atoms with Crippen molar-refractivity contribution in [3.05, 3.63) is 94.4 Å². The number of para-hydroxylation sites is 1. The molecule has 1 heterocycles. The maximum atomic E-state index is 12.5. The average Bonchev–Trinajstić information content (AvgIpc) is 3.14. The number of amides is 2. The Labute approximate surface area is 190 Å². The Hall–Kier alpha value is -3.84. The van der Waals surface area contributed by atoms with E-state index in [0.29, 0.717) is 27.1 Å². The lowest BCUT2D eigenvalue weighted by Gasteiger charge is -2.07. The molecule has 1 aliphatic rings. The zero-order valence-electron chi connectivity index (χ0n) is 17.6. The summed E-state index contributed by atoms with van der Waals surface area (Å²) in [5.74, 6) is 0.265. The maximum Gasteiger partial charge on any atom is 0.264 e. The first-order valence-electron chi connectivity index (χ1n) is 9.92. The summed E-state index contributed by atoms with van der Waals surface area (Å²) < 4.78 is 5.12. The number of aliphatic imine (C=N–C) groups is 1. The number of amidine groups is 1. The molecular formula is C25H21N3O3S. The number of hydrogen-bond acceptors (Lipinski definition) is 5. The summed E-state index contributed by atoms with van der Waals surface area (Å²) in [6.45, 7) is 1.98. The number of ether oxygens (including phenoxy) is 1. The van der Waals surface area contributed by atoms with E-state index < -0.39 is 0 Å². The summed E-state index contributed by atoms with van der Waals surface area (Å²) in [5, 5.41) is 6.22. The topological polar surface area (TPSA) is 79.8 Å². The maximum absolute atomic E-state index is 12.5. The zero-order valence-corrected chi connectivity index (χ0v) is 18.4. The molecule has 0 radical (unpaired) electrons. The van der Waals surface area contributed by atoms with Gasteiger partial charge < -0.3 is 15.4 Å². The van der Waals surface area contributed by atoms with Gasteiger partial charge in [-0.15, -0.1) is 0 Å². The molecule has 1 saturated heterocycles. The van der Waals surface area contributed by atoms with Gasteiger partial charge in [0.25, 0.3) is 11.8 Å². The van der Waals surface area contributed by atoms with Gasteiger partial charge in [-0.2, -0.15) is 0 Å². The summed E-state index contributed by atoms with van der Waals surface area (Å²) in [4.78, 5) is 30.0. The first kappa shape index (κ1) is 21.4. The van der Waals surface area contributed by atoms with Crippen LogP contribution in [0.25, 0.3) is 6.08 Å². The molecule has 32 heavy (non-hydrogen) atoms. The second-order valence-electron chi connectivity index (χ2n) is 7.08. The lowest BCUT2D eigenvalue weighted by atomic mass is 10.1. The van der Waals surface area contributed by atoms with Crippen LogP contribution in [0.4, 0.5) is 11.4 Å².